The molecule has 156 valence electrons. The number of piperazine rings is 1. The summed E-state index contributed by atoms with van der Waals surface area (Å²) < 4.78 is 11.1. The summed E-state index contributed by atoms with van der Waals surface area (Å²) in [6, 6.07) is 15.9. The molecule has 3 rings (SSSR count). The van der Waals surface area contributed by atoms with Crippen molar-refractivity contribution in [2.45, 2.75) is 26.4 Å². The first kappa shape index (κ1) is 21.0. The molecule has 1 saturated heterocycles. The lowest BCUT2D eigenvalue weighted by molar-refractivity contribution is -0.914. The molecule has 0 unspecified atom stereocenters. The molecule has 6 heteroatoms. The van der Waals surface area contributed by atoms with Gasteiger partial charge in [-0.15, -0.1) is 0 Å². The van der Waals surface area contributed by atoms with Crippen LogP contribution in [-0.2, 0) is 11.3 Å². The molecule has 1 amide bonds. The van der Waals surface area contributed by atoms with E-state index in [4.69, 9.17) is 9.47 Å². The Balaban J connectivity index is 1.53. The van der Waals surface area contributed by atoms with Gasteiger partial charge >= 0.3 is 0 Å². The van der Waals surface area contributed by atoms with Crippen molar-refractivity contribution in [3.63, 3.8) is 0 Å². The molecule has 1 atom stereocenters. The number of methoxy groups -OCH3 is 1. The fourth-order valence-corrected chi connectivity index (χ4v) is 3.83. The maximum atomic E-state index is 12.7. The van der Waals surface area contributed by atoms with Gasteiger partial charge in [0.15, 0.2) is 6.04 Å². The van der Waals surface area contributed by atoms with E-state index >= 15 is 0 Å². The molecule has 29 heavy (non-hydrogen) atoms. The van der Waals surface area contributed by atoms with E-state index in [1.807, 2.05) is 56.3 Å². The Kier molecular flexibility index (Phi) is 7.36. The molecule has 1 aliphatic rings. The second kappa shape index (κ2) is 10.2. The Bertz CT molecular complexity index is 803. The van der Waals surface area contributed by atoms with Crippen LogP contribution < -0.4 is 24.6 Å². The van der Waals surface area contributed by atoms with E-state index in [-0.39, 0.29) is 11.9 Å². The van der Waals surface area contributed by atoms with Crippen LogP contribution in [0.1, 0.15) is 19.4 Å². The van der Waals surface area contributed by atoms with E-state index in [0.717, 1.165) is 48.9 Å². The molecule has 0 spiro atoms. The van der Waals surface area contributed by atoms with E-state index in [2.05, 4.69) is 16.3 Å². The van der Waals surface area contributed by atoms with Crippen LogP contribution in [0.3, 0.4) is 0 Å². The SMILES string of the molecule is CCOc1ccccc1N1CC[NH+]([C@@H](C)C(=O)NCc2ccccc2OC)CC1. The van der Waals surface area contributed by atoms with Gasteiger partial charge in [0.05, 0.1) is 45.6 Å². The van der Waals surface area contributed by atoms with Crippen LogP contribution in [0.5, 0.6) is 11.5 Å². The van der Waals surface area contributed by atoms with Crippen LogP contribution in [0.4, 0.5) is 5.69 Å². The monoisotopic (exact) mass is 398 g/mol. The van der Waals surface area contributed by atoms with Gasteiger partial charge in [0, 0.05) is 12.1 Å². The molecular weight excluding hydrogens is 366 g/mol. The van der Waals surface area contributed by atoms with Gasteiger partial charge in [0.2, 0.25) is 0 Å². The Morgan fingerprint density at radius 2 is 1.76 bits per heavy atom. The first-order chi connectivity index (χ1) is 14.1. The number of quaternary nitrogens is 1. The van der Waals surface area contributed by atoms with Crippen LogP contribution in [0.2, 0.25) is 0 Å². The predicted octanol–water partition coefficient (Wildman–Crippen LogP) is 1.50. The molecular formula is C23H32N3O3+. The lowest BCUT2D eigenvalue weighted by Gasteiger charge is -2.36. The zero-order valence-corrected chi connectivity index (χ0v) is 17.6. The first-order valence-electron chi connectivity index (χ1n) is 10.3. The quantitative estimate of drug-likeness (QED) is 0.708. The highest BCUT2D eigenvalue weighted by Crippen LogP contribution is 2.27. The fraction of sp³-hybridized carbons (Fsp3) is 0.435. The molecule has 1 aliphatic heterocycles. The van der Waals surface area contributed by atoms with Crippen molar-refractivity contribution in [3.8, 4) is 11.5 Å². The minimum atomic E-state index is -0.0889. The van der Waals surface area contributed by atoms with Crippen molar-refractivity contribution < 1.29 is 19.2 Å². The number of carbonyl (C=O) groups is 1. The average molecular weight is 399 g/mol. The maximum absolute atomic E-state index is 12.7. The zero-order chi connectivity index (χ0) is 20.6. The molecule has 1 heterocycles. The van der Waals surface area contributed by atoms with Gasteiger partial charge in [0.1, 0.15) is 11.5 Å². The molecule has 6 nitrogen and oxygen atoms in total. The maximum Gasteiger partial charge on any atom is 0.278 e. The number of amides is 1. The predicted molar refractivity (Wildman–Crippen MR) is 115 cm³/mol. The van der Waals surface area contributed by atoms with Crippen molar-refractivity contribution in [3.05, 3.63) is 54.1 Å². The Labute approximate surface area is 173 Å². The minimum absolute atomic E-state index is 0.0778. The van der Waals surface area contributed by atoms with Crippen LogP contribution in [0, 0.1) is 0 Å². The topological polar surface area (TPSA) is 55.2 Å². The Morgan fingerprint density at radius 1 is 1.10 bits per heavy atom. The summed E-state index contributed by atoms with van der Waals surface area (Å²) in [7, 11) is 1.65. The second-order valence-corrected chi connectivity index (χ2v) is 7.30. The third kappa shape index (κ3) is 5.21. The molecule has 0 saturated carbocycles. The zero-order valence-electron chi connectivity index (χ0n) is 17.6. The molecule has 2 aromatic carbocycles. The smallest absolute Gasteiger partial charge is 0.278 e. The number of nitrogens with zero attached hydrogens (tertiary/aromatic N) is 1. The molecule has 0 bridgehead atoms. The molecule has 0 radical (unpaired) electrons. The first-order valence-corrected chi connectivity index (χ1v) is 10.3. The van der Waals surface area contributed by atoms with Crippen LogP contribution in [0.25, 0.3) is 0 Å². The van der Waals surface area contributed by atoms with Crippen molar-refractivity contribution in [1.82, 2.24) is 5.32 Å². The van der Waals surface area contributed by atoms with Gasteiger partial charge in [-0.1, -0.05) is 30.3 Å². The number of para-hydroxylation sites is 3. The van der Waals surface area contributed by atoms with E-state index in [9.17, 15) is 4.79 Å². The standard InChI is InChI=1S/C23H31N3O3/c1-4-29-22-12-8-6-10-20(22)26-15-13-25(14-16-26)18(2)23(27)24-17-19-9-5-7-11-21(19)28-3/h5-12,18H,4,13-17H2,1-3H3,(H,24,27)/p+1/t18-/m0/s1. The van der Waals surface area contributed by atoms with Crippen molar-refractivity contribution in [2.24, 2.45) is 0 Å². The summed E-state index contributed by atoms with van der Waals surface area (Å²) in [5, 5.41) is 3.07. The van der Waals surface area contributed by atoms with E-state index in [0.29, 0.717) is 13.2 Å². The number of benzene rings is 2. The van der Waals surface area contributed by atoms with E-state index < -0.39 is 0 Å². The van der Waals surface area contributed by atoms with Gasteiger partial charge in [0.25, 0.3) is 5.91 Å². The summed E-state index contributed by atoms with van der Waals surface area (Å²) in [6.45, 7) is 8.81. The summed E-state index contributed by atoms with van der Waals surface area (Å²) in [6.07, 6.45) is 0. The normalized spacial score (nSPS) is 15.6. The van der Waals surface area contributed by atoms with Crippen LogP contribution in [-0.4, -0.2) is 51.8 Å². The van der Waals surface area contributed by atoms with E-state index in [1.165, 1.54) is 4.90 Å². The summed E-state index contributed by atoms with van der Waals surface area (Å²) in [4.78, 5) is 16.4. The van der Waals surface area contributed by atoms with Crippen LogP contribution in [0.15, 0.2) is 48.5 Å². The third-order valence-corrected chi connectivity index (χ3v) is 5.56. The highest BCUT2D eigenvalue weighted by atomic mass is 16.5. The second-order valence-electron chi connectivity index (χ2n) is 7.30. The number of nitrogens with one attached hydrogen (secondary N) is 2. The van der Waals surface area contributed by atoms with E-state index in [1.54, 1.807) is 7.11 Å². The number of carbonyl (C=O) groups excluding carboxylic acids is 1. The number of anilines is 1. The molecule has 2 N–H and O–H groups in total. The fourth-order valence-electron chi connectivity index (χ4n) is 3.83. The molecule has 2 aromatic rings. The summed E-state index contributed by atoms with van der Waals surface area (Å²) >= 11 is 0. The number of rotatable bonds is 8. The Hall–Kier alpha value is -2.73. The van der Waals surface area contributed by atoms with Gasteiger partial charge in [-0.25, -0.2) is 0 Å². The van der Waals surface area contributed by atoms with Gasteiger partial charge in [-0.05, 0) is 32.0 Å². The highest BCUT2D eigenvalue weighted by molar-refractivity contribution is 5.80. The van der Waals surface area contributed by atoms with Crippen LogP contribution >= 0.6 is 0 Å². The highest BCUT2D eigenvalue weighted by Gasteiger charge is 2.30. The lowest BCUT2D eigenvalue weighted by Crippen LogP contribution is -3.19. The average Bonchev–Trinajstić information content (AvgIpc) is 2.78. The minimum Gasteiger partial charge on any atom is -0.496 e. The van der Waals surface area contributed by atoms with Crippen molar-refractivity contribution in [1.29, 1.82) is 0 Å². The molecule has 1 fully saturated rings. The molecule has 0 aromatic heterocycles. The number of ether oxygens (including phenoxy) is 2. The Morgan fingerprint density at radius 3 is 2.45 bits per heavy atom. The van der Waals surface area contributed by atoms with Gasteiger partial charge < -0.3 is 24.6 Å². The summed E-state index contributed by atoms with van der Waals surface area (Å²) in [5.41, 5.74) is 2.13. The molecule has 0 aliphatic carbocycles. The van der Waals surface area contributed by atoms with Crippen molar-refractivity contribution in [2.75, 3.05) is 44.8 Å². The largest absolute Gasteiger partial charge is 0.496 e. The number of hydrogen-bond donors (Lipinski definition) is 2. The van der Waals surface area contributed by atoms with Gasteiger partial charge in [-0.3, -0.25) is 4.79 Å². The van der Waals surface area contributed by atoms with Gasteiger partial charge in [-0.2, -0.15) is 0 Å². The lowest BCUT2D eigenvalue weighted by atomic mass is 10.1. The summed E-state index contributed by atoms with van der Waals surface area (Å²) in [5.74, 6) is 1.81. The van der Waals surface area contributed by atoms with Crippen molar-refractivity contribution >= 4 is 11.6 Å². The third-order valence-electron chi connectivity index (χ3n) is 5.56. The number of hydrogen-bond acceptors (Lipinski definition) is 4.